The number of aromatic amines is 1. The molecule has 3 aromatic rings. The average molecular weight is 285 g/mol. The van der Waals surface area contributed by atoms with Crippen LogP contribution in [0.25, 0.3) is 11.0 Å². The molecule has 0 spiro atoms. The molecule has 2 aromatic heterocycles. The Hall–Kier alpha value is -3.16. The van der Waals surface area contributed by atoms with Gasteiger partial charge in [0.05, 0.1) is 12.8 Å². The van der Waals surface area contributed by atoms with Crippen LogP contribution < -0.4 is 10.6 Å². The van der Waals surface area contributed by atoms with Crippen LogP contribution in [0.15, 0.2) is 41.0 Å². The van der Waals surface area contributed by atoms with Crippen molar-refractivity contribution in [1.82, 2.24) is 20.7 Å². The summed E-state index contributed by atoms with van der Waals surface area (Å²) < 4.78 is 4.92. The van der Waals surface area contributed by atoms with E-state index in [-0.39, 0.29) is 18.2 Å². The van der Waals surface area contributed by atoms with Crippen molar-refractivity contribution in [2.45, 2.75) is 0 Å². The van der Waals surface area contributed by atoms with Crippen LogP contribution in [0, 0.1) is 0 Å². The molecular weight excluding hydrogens is 274 g/mol. The molecule has 2 amide bonds. The van der Waals surface area contributed by atoms with Gasteiger partial charge in [0, 0.05) is 5.69 Å². The normalized spacial score (nSPS) is 10.5. The molecule has 1 aromatic carbocycles. The van der Waals surface area contributed by atoms with Gasteiger partial charge in [0.1, 0.15) is 11.0 Å². The summed E-state index contributed by atoms with van der Waals surface area (Å²) in [5.74, 6) is -0.633. The van der Waals surface area contributed by atoms with E-state index in [0.717, 1.165) is 0 Å². The van der Waals surface area contributed by atoms with E-state index in [1.165, 1.54) is 12.3 Å². The second-order valence-electron chi connectivity index (χ2n) is 4.24. The van der Waals surface area contributed by atoms with Gasteiger partial charge in [-0.05, 0) is 30.3 Å². The predicted molar refractivity (Wildman–Crippen MR) is 73.6 cm³/mol. The fraction of sp³-hybridized carbons (Fsp3) is 0.0769. The lowest BCUT2D eigenvalue weighted by molar-refractivity contribution is -0.115. The van der Waals surface area contributed by atoms with Crippen molar-refractivity contribution < 1.29 is 14.0 Å². The SMILES string of the molecule is O=C(CNC(=O)c1ccco1)Nc1ccc2n[nH]nc2c1. The number of hydrogen-bond donors (Lipinski definition) is 3. The molecule has 0 aliphatic carbocycles. The first-order chi connectivity index (χ1) is 10.2. The summed E-state index contributed by atoms with van der Waals surface area (Å²) in [6.07, 6.45) is 1.39. The summed E-state index contributed by atoms with van der Waals surface area (Å²) >= 11 is 0. The van der Waals surface area contributed by atoms with Gasteiger partial charge in [0.2, 0.25) is 5.91 Å². The van der Waals surface area contributed by atoms with Crippen molar-refractivity contribution in [3.63, 3.8) is 0 Å². The molecule has 3 N–H and O–H groups in total. The van der Waals surface area contributed by atoms with E-state index in [9.17, 15) is 9.59 Å². The minimum atomic E-state index is -0.442. The van der Waals surface area contributed by atoms with Gasteiger partial charge < -0.3 is 15.1 Å². The number of rotatable bonds is 4. The molecule has 106 valence electrons. The van der Waals surface area contributed by atoms with E-state index in [4.69, 9.17) is 4.42 Å². The standard InChI is InChI=1S/C13H11N5O3/c19-12(7-14-13(20)11-2-1-5-21-11)15-8-3-4-9-10(6-8)17-18-16-9/h1-6H,7H2,(H,14,20)(H,15,19)(H,16,17,18). The molecule has 0 fully saturated rings. The number of furan rings is 1. The van der Waals surface area contributed by atoms with Gasteiger partial charge in [-0.25, -0.2) is 0 Å². The molecule has 21 heavy (non-hydrogen) atoms. The van der Waals surface area contributed by atoms with Gasteiger partial charge in [0.25, 0.3) is 5.91 Å². The number of carbonyl (C=O) groups is 2. The smallest absolute Gasteiger partial charge is 0.287 e. The van der Waals surface area contributed by atoms with Crippen LogP contribution in [0.4, 0.5) is 5.69 Å². The van der Waals surface area contributed by atoms with Crippen LogP contribution in [0.1, 0.15) is 10.6 Å². The Morgan fingerprint density at radius 2 is 2.05 bits per heavy atom. The third kappa shape index (κ3) is 2.89. The highest BCUT2D eigenvalue weighted by molar-refractivity contribution is 5.98. The van der Waals surface area contributed by atoms with Gasteiger partial charge >= 0.3 is 0 Å². The van der Waals surface area contributed by atoms with Crippen molar-refractivity contribution in [2.75, 3.05) is 11.9 Å². The molecular formula is C13H11N5O3. The minimum Gasteiger partial charge on any atom is -0.459 e. The van der Waals surface area contributed by atoms with Gasteiger partial charge in [-0.3, -0.25) is 9.59 Å². The number of carbonyl (C=O) groups excluding carboxylic acids is 2. The van der Waals surface area contributed by atoms with Crippen LogP contribution in [-0.2, 0) is 4.79 Å². The Bertz CT molecular complexity index is 778. The van der Waals surface area contributed by atoms with Gasteiger partial charge in [-0.1, -0.05) is 0 Å². The first-order valence-corrected chi connectivity index (χ1v) is 6.14. The molecule has 8 nitrogen and oxygen atoms in total. The minimum absolute atomic E-state index is 0.156. The van der Waals surface area contributed by atoms with Crippen LogP contribution in [0.3, 0.4) is 0 Å². The van der Waals surface area contributed by atoms with E-state index in [2.05, 4.69) is 26.0 Å². The maximum atomic E-state index is 11.8. The molecule has 0 bridgehead atoms. The Balaban J connectivity index is 1.57. The zero-order valence-electron chi connectivity index (χ0n) is 10.8. The largest absolute Gasteiger partial charge is 0.459 e. The van der Waals surface area contributed by atoms with Crippen LogP contribution >= 0.6 is 0 Å². The summed E-state index contributed by atoms with van der Waals surface area (Å²) in [5, 5.41) is 15.4. The predicted octanol–water partition coefficient (Wildman–Crippen LogP) is 0.919. The van der Waals surface area contributed by atoms with Crippen molar-refractivity contribution in [1.29, 1.82) is 0 Å². The second kappa shape index (κ2) is 5.45. The number of fused-ring (bicyclic) bond motifs is 1. The van der Waals surface area contributed by atoms with E-state index in [1.54, 1.807) is 24.3 Å². The van der Waals surface area contributed by atoms with Gasteiger partial charge in [-0.15, -0.1) is 0 Å². The van der Waals surface area contributed by atoms with Crippen LogP contribution in [0.2, 0.25) is 0 Å². The molecule has 0 unspecified atom stereocenters. The highest BCUT2D eigenvalue weighted by Crippen LogP contribution is 2.14. The number of anilines is 1. The number of hydrogen-bond acceptors (Lipinski definition) is 5. The maximum Gasteiger partial charge on any atom is 0.287 e. The first-order valence-electron chi connectivity index (χ1n) is 6.14. The maximum absolute atomic E-state index is 11.8. The highest BCUT2D eigenvalue weighted by Gasteiger charge is 2.10. The Labute approximate surface area is 118 Å². The average Bonchev–Trinajstić information content (AvgIpc) is 3.15. The number of nitrogens with one attached hydrogen (secondary N) is 3. The van der Waals surface area contributed by atoms with Crippen molar-refractivity contribution in [3.8, 4) is 0 Å². The summed E-state index contributed by atoms with van der Waals surface area (Å²) in [4.78, 5) is 23.4. The molecule has 0 saturated carbocycles. The monoisotopic (exact) mass is 285 g/mol. The fourth-order valence-electron chi connectivity index (χ4n) is 1.78. The van der Waals surface area contributed by atoms with Gasteiger partial charge in [-0.2, -0.15) is 15.4 Å². The number of amides is 2. The van der Waals surface area contributed by atoms with Gasteiger partial charge in [0.15, 0.2) is 5.76 Å². The lowest BCUT2D eigenvalue weighted by Crippen LogP contribution is -2.32. The third-order valence-corrected chi connectivity index (χ3v) is 2.75. The Morgan fingerprint density at radius 1 is 1.19 bits per heavy atom. The topological polar surface area (TPSA) is 113 Å². The molecule has 2 heterocycles. The summed E-state index contributed by atoms with van der Waals surface area (Å²) in [5.41, 5.74) is 1.93. The second-order valence-corrected chi connectivity index (χ2v) is 4.24. The van der Waals surface area contributed by atoms with Crippen LogP contribution in [0.5, 0.6) is 0 Å². The van der Waals surface area contributed by atoms with Crippen molar-refractivity contribution >= 4 is 28.5 Å². The molecule has 3 rings (SSSR count). The Kier molecular flexibility index (Phi) is 3.34. The number of aromatic nitrogens is 3. The quantitative estimate of drug-likeness (QED) is 0.659. The van der Waals surface area contributed by atoms with E-state index in [0.29, 0.717) is 16.7 Å². The fourth-order valence-corrected chi connectivity index (χ4v) is 1.78. The van der Waals surface area contributed by atoms with Crippen LogP contribution in [-0.4, -0.2) is 33.8 Å². The van der Waals surface area contributed by atoms with Crippen molar-refractivity contribution in [3.05, 3.63) is 42.4 Å². The molecule has 0 atom stereocenters. The third-order valence-electron chi connectivity index (χ3n) is 2.75. The zero-order valence-corrected chi connectivity index (χ0v) is 10.8. The number of H-pyrrole nitrogens is 1. The summed E-state index contributed by atoms with van der Waals surface area (Å²) in [7, 11) is 0. The molecule has 8 heteroatoms. The number of nitrogens with zero attached hydrogens (tertiary/aromatic N) is 2. The van der Waals surface area contributed by atoms with Crippen molar-refractivity contribution in [2.24, 2.45) is 0 Å². The zero-order chi connectivity index (χ0) is 14.7. The van der Waals surface area contributed by atoms with E-state index < -0.39 is 5.91 Å². The number of benzene rings is 1. The summed E-state index contributed by atoms with van der Waals surface area (Å²) in [6.45, 7) is -0.156. The molecule has 0 aliphatic rings. The van der Waals surface area contributed by atoms with E-state index in [1.807, 2.05) is 0 Å². The molecule has 0 aliphatic heterocycles. The molecule has 0 saturated heterocycles. The van der Waals surface area contributed by atoms with E-state index >= 15 is 0 Å². The Morgan fingerprint density at radius 3 is 2.86 bits per heavy atom. The lowest BCUT2D eigenvalue weighted by Gasteiger charge is -2.05. The summed E-state index contributed by atoms with van der Waals surface area (Å²) in [6, 6.07) is 8.24. The lowest BCUT2D eigenvalue weighted by atomic mass is 10.2. The highest BCUT2D eigenvalue weighted by atomic mass is 16.3. The molecule has 0 radical (unpaired) electrons. The first kappa shape index (κ1) is 12.9.